The monoisotopic (exact) mass is 350 g/mol. The summed E-state index contributed by atoms with van der Waals surface area (Å²) in [6.45, 7) is 1.93. The maximum Gasteiger partial charge on any atom is 0.173 e. The average molecular weight is 351 g/mol. The number of ether oxygens (including phenoxy) is 1. The van der Waals surface area contributed by atoms with E-state index in [2.05, 4.69) is 15.9 Å². The van der Waals surface area contributed by atoms with E-state index in [0.717, 1.165) is 26.2 Å². The number of carbonyl (C=O) groups is 1. The van der Waals surface area contributed by atoms with Gasteiger partial charge in [-0.05, 0) is 55.0 Å². The summed E-state index contributed by atoms with van der Waals surface area (Å²) < 4.78 is 6.19. The number of benzene rings is 2. The van der Waals surface area contributed by atoms with Crippen LogP contribution in [0.3, 0.4) is 0 Å². The van der Waals surface area contributed by atoms with E-state index in [1.54, 1.807) is 18.9 Å². The number of ketones is 1. The van der Waals surface area contributed by atoms with Gasteiger partial charge < -0.3 is 4.74 Å². The van der Waals surface area contributed by atoms with Crippen LogP contribution in [0.4, 0.5) is 0 Å². The Hall–Kier alpha value is -1.26. The molecule has 0 aliphatic rings. The highest BCUT2D eigenvalue weighted by molar-refractivity contribution is 9.10. The first-order chi connectivity index (χ1) is 9.60. The minimum Gasteiger partial charge on any atom is -0.497 e. The van der Waals surface area contributed by atoms with Crippen LogP contribution in [0.1, 0.15) is 15.9 Å². The van der Waals surface area contributed by atoms with Gasteiger partial charge >= 0.3 is 0 Å². The zero-order valence-electron chi connectivity index (χ0n) is 11.4. The Morgan fingerprint density at radius 3 is 2.50 bits per heavy atom. The molecule has 2 nitrogen and oxygen atoms in total. The molecule has 0 saturated heterocycles. The summed E-state index contributed by atoms with van der Waals surface area (Å²) in [5.41, 5.74) is 1.71. The maximum absolute atomic E-state index is 12.2. The molecule has 0 amide bonds. The summed E-state index contributed by atoms with van der Waals surface area (Å²) in [5.74, 6) is 1.35. The maximum atomic E-state index is 12.2. The Balaban J connectivity index is 2.03. The molecule has 4 heteroatoms. The first kappa shape index (κ1) is 15.1. The Labute approximate surface area is 131 Å². The third-order valence-electron chi connectivity index (χ3n) is 2.92. The molecular weight excluding hydrogens is 336 g/mol. The van der Waals surface area contributed by atoms with Gasteiger partial charge in [0.15, 0.2) is 5.78 Å². The van der Waals surface area contributed by atoms with Crippen LogP contribution in [0.15, 0.2) is 51.8 Å². The highest BCUT2D eigenvalue weighted by atomic mass is 79.9. The van der Waals surface area contributed by atoms with Crippen molar-refractivity contribution in [3.63, 3.8) is 0 Å². The second-order valence-electron chi connectivity index (χ2n) is 4.35. The molecule has 104 valence electrons. The second kappa shape index (κ2) is 6.95. The number of carbonyl (C=O) groups excluding carboxylic acids is 1. The number of hydrogen-bond donors (Lipinski definition) is 0. The molecule has 0 aliphatic carbocycles. The van der Waals surface area contributed by atoms with Crippen molar-refractivity contribution in [3.05, 3.63) is 58.1 Å². The van der Waals surface area contributed by atoms with Gasteiger partial charge in [-0.15, -0.1) is 11.8 Å². The van der Waals surface area contributed by atoms with Crippen molar-refractivity contribution < 1.29 is 9.53 Å². The molecule has 0 aromatic heterocycles. The molecule has 0 unspecified atom stereocenters. The average Bonchev–Trinajstić information content (AvgIpc) is 2.46. The van der Waals surface area contributed by atoms with Gasteiger partial charge in [-0.25, -0.2) is 0 Å². The zero-order chi connectivity index (χ0) is 14.5. The molecule has 0 heterocycles. The summed E-state index contributed by atoms with van der Waals surface area (Å²) in [6.07, 6.45) is 0. The molecule has 2 aromatic rings. The van der Waals surface area contributed by atoms with E-state index < -0.39 is 0 Å². The van der Waals surface area contributed by atoms with Gasteiger partial charge in [0.25, 0.3) is 0 Å². The minimum atomic E-state index is 0.137. The normalized spacial score (nSPS) is 10.3. The van der Waals surface area contributed by atoms with E-state index in [9.17, 15) is 4.79 Å². The Kier molecular flexibility index (Phi) is 5.26. The van der Waals surface area contributed by atoms with Crippen molar-refractivity contribution in [2.45, 2.75) is 11.8 Å². The van der Waals surface area contributed by atoms with Crippen LogP contribution in [0.5, 0.6) is 5.75 Å². The fraction of sp³-hybridized carbons (Fsp3) is 0.188. The van der Waals surface area contributed by atoms with Crippen LogP contribution in [0.25, 0.3) is 0 Å². The highest BCUT2D eigenvalue weighted by Crippen LogP contribution is 2.23. The van der Waals surface area contributed by atoms with Crippen LogP contribution in [0.2, 0.25) is 0 Å². The molecule has 0 N–H and O–H groups in total. The van der Waals surface area contributed by atoms with Crippen molar-refractivity contribution in [2.24, 2.45) is 0 Å². The molecule has 2 rings (SSSR count). The van der Waals surface area contributed by atoms with Crippen LogP contribution in [-0.2, 0) is 0 Å². The first-order valence-electron chi connectivity index (χ1n) is 6.16. The van der Waals surface area contributed by atoms with Gasteiger partial charge in [-0.1, -0.05) is 15.9 Å². The summed E-state index contributed by atoms with van der Waals surface area (Å²) in [4.78, 5) is 13.3. The molecule has 2 aromatic carbocycles. The number of halogens is 1. The molecular formula is C16H15BrO2S. The van der Waals surface area contributed by atoms with Crippen molar-refractivity contribution in [2.75, 3.05) is 12.9 Å². The number of rotatable bonds is 5. The van der Waals surface area contributed by atoms with E-state index in [1.807, 2.05) is 49.4 Å². The summed E-state index contributed by atoms with van der Waals surface area (Å²) in [7, 11) is 1.62. The Morgan fingerprint density at radius 1 is 1.20 bits per heavy atom. The topological polar surface area (TPSA) is 26.3 Å². The van der Waals surface area contributed by atoms with Gasteiger partial charge in [0.1, 0.15) is 5.75 Å². The number of thioether (sulfide) groups is 1. The number of aryl methyl sites for hydroxylation is 1. The van der Waals surface area contributed by atoms with Gasteiger partial charge in [0.05, 0.1) is 12.9 Å². The SMILES string of the molecule is COc1ccc(C(=O)CSc2ccc(Br)cc2)c(C)c1. The Morgan fingerprint density at radius 2 is 1.90 bits per heavy atom. The Bertz CT molecular complexity index is 608. The van der Waals surface area contributed by atoms with Gasteiger partial charge in [0, 0.05) is 14.9 Å². The van der Waals surface area contributed by atoms with E-state index in [0.29, 0.717) is 5.75 Å². The summed E-state index contributed by atoms with van der Waals surface area (Å²) >= 11 is 4.95. The molecule has 0 saturated carbocycles. The predicted molar refractivity (Wildman–Crippen MR) is 86.9 cm³/mol. The fourth-order valence-corrected chi connectivity index (χ4v) is 2.88. The molecule has 0 radical (unpaired) electrons. The molecule has 0 fully saturated rings. The number of methoxy groups -OCH3 is 1. The lowest BCUT2D eigenvalue weighted by molar-refractivity contribution is 0.102. The summed E-state index contributed by atoms with van der Waals surface area (Å²) in [6, 6.07) is 13.5. The molecule has 0 spiro atoms. The van der Waals surface area contributed by atoms with Crippen molar-refractivity contribution in [3.8, 4) is 5.75 Å². The smallest absolute Gasteiger partial charge is 0.173 e. The van der Waals surface area contributed by atoms with Crippen molar-refractivity contribution in [1.29, 1.82) is 0 Å². The van der Waals surface area contributed by atoms with Gasteiger partial charge in [-0.3, -0.25) is 4.79 Å². The molecule has 0 atom stereocenters. The van der Waals surface area contributed by atoms with Crippen LogP contribution >= 0.6 is 27.7 Å². The van der Waals surface area contributed by atoms with Gasteiger partial charge in [-0.2, -0.15) is 0 Å². The predicted octanol–water partition coefficient (Wildman–Crippen LogP) is 4.74. The lowest BCUT2D eigenvalue weighted by Crippen LogP contribution is -2.04. The third kappa shape index (κ3) is 3.87. The largest absolute Gasteiger partial charge is 0.497 e. The molecule has 20 heavy (non-hydrogen) atoms. The van der Waals surface area contributed by atoms with E-state index >= 15 is 0 Å². The third-order valence-corrected chi connectivity index (χ3v) is 4.46. The van der Waals surface area contributed by atoms with Crippen LogP contribution < -0.4 is 4.74 Å². The van der Waals surface area contributed by atoms with E-state index in [4.69, 9.17) is 4.74 Å². The lowest BCUT2D eigenvalue weighted by Gasteiger charge is -2.07. The van der Waals surface area contributed by atoms with Crippen molar-refractivity contribution in [1.82, 2.24) is 0 Å². The minimum absolute atomic E-state index is 0.137. The molecule has 0 bridgehead atoms. The lowest BCUT2D eigenvalue weighted by atomic mass is 10.1. The first-order valence-corrected chi connectivity index (χ1v) is 7.94. The van der Waals surface area contributed by atoms with Crippen molar-refractivity contribution >= 4 is 33.5 Å². The fourth-order valence-electron chi connectivity index (χ4n) is 1.83. The van der Waals surface area contributed by atoms with E-state index in [-0.39, 0.29) is 5.78 Å². The number of Topliss-reactive ketones (excluding diaryl/α,β-unsaturated/α-hetero) is 1. The quantitative estimate of drug-likeness (QED) is 0.575. The highest BCUT2D eigenvalue weighted by Gasteiger charge is 2.10. The standard InChI is InChI=1S/C16H15BrO2S/c1-11-9-13(19-2)5-8-15(11)16(18)10-20-14-6-3-12(17)4-7-14/h3-9H,10H2,1-2H3. The van der Waals surface area contributed by atoms with Crippen LogP contribution in [-0.4, -0.2) is 18.6 Å². The second-order valence-corrected chi connectivity index (χ2v) is 6.31. The molecule has 0 aliphatic heterocycles. The number of hydrogen-bond acceptors (Lipinski definition) is 3. The zero-order valence-corrected chi connectivity index (χ0v) is 13.8. The van der Waals surface area contributed by atoms with Gasteiger partial charge in [0.2, 0.25) is 0 Å². The summed E-state index contributed by atoms with van der Waals surface area (Å²) in [5, 5.41) is 0. The van der Waals surface area contributed by atoms with Crippen LogP contribution in [0, 0.1) is 6.92 Å². The van der Waals surface area contributed by atoms with E-state index in [1.165, 1.54) is 0 Å².